The van der Waals surface area contributed by atoms with Crippen LogP contribution in [0.25, 0.3) is 11.1 Å². The Hall–Kier alpha value is -4.34. The Morgan fingerprint density at radius 1 is 0.974 bits per heavy atom. The number of carboxylic acids is 1. The molecular formula is C29H35N3O7+2. The number of carbonyl (C=O) groups excluding carboxylic acids is 3. The lowest BCUT2D eigenvalue weighted by molar-refractivity contribution is -0.686. The van der Waals surface area contributed by atoms with Crippen LogP contribution in [0, 0.1) is 0 Å². The van der Waals surface area contributed by atoms with E-state index in [0.717, 1.165) is 33.4 Å². The number of pyridine rings is 2. The molecule has 3 rings (SSSR count). The molecule has 0 fully saturated rings. The van der Waals surface area contributed by atoms with Crippen molar-refractivity contribution < 1.29 is 42.9 Å². The SMILES string of the molecule is CCc1c(C(=O)OC)c[n+](CC(N)=O)cc1/C(C)=C\CC1(C)C=C(C)c2c[n+](CC(=O)O)cc(C(=O)OC)c21. The summed E-state index contributed by atoms with van der Waals surface area (Å²) in [5.74, 6) is -2.62. The number of methoxy groups -OCH3 is 2. The van der Waals surface area contributed by atoms with Gasteiger partial charge in [0.25, 0.3) is 5.91 Å². The highest BCUT2D eigenvalue weighted by Crippen LogP contribution is 2.44. The quantitative estimate of drug-likeness (QED) is 0.349. The maximum Gasteiger partial charge on any atom is 0.370 e. The summed E-state index contributed by atoms with van der Waals surface area (Å²) in [7, 11) is 2.60. The fourth-order valence-corrected chi connectivity index (χ4v) is 5.28. The van der Waals surface area contributed by atoms with Gasteiger partial charge in [0.1, 0.15) is 11.1 Å². The molecule has 0 aliphatic heterocycles. The van der Waals surface area contributed by atoms with E-state index in [1.165, 1.54) is 25.0 Å². The van der Waals surface area contributed by atoms with Gasteiger partial charge in [0.15, 0.2) is 24.8 Å². The average Bonchev–Trinajstić information content (AvgIpc) is 3.14. The number of nitrogens with zero attached hydrogens (tertiary/aromatic N) is 2. The lowest BCUT2D eigenvalue weighted by Crippen LogP contribution is -2.42. The second kappa shape index (κ2) is 11.6. The predicted molar refractivity (Wildman–Crippen MR) is 141 cm³/mol. The number of carbonyl (C=O) groups is 4. The highest BCUT2D eigenvalue weighted by molar-refractivity contribution is 5.94. The van der Waals surface area contributed by atoms with Gasteiger partial charge in [0, 0.05) is 16.5 Å². The van der Waals surface area contributed by atoms with Crippen LogP contribution in [0.4, 0.5) is 0 Å². The van der Waals surface area contributed by atoms with Gasteiger partial charge < -0.3 is 20.3 Å². The van der Waals surface area contributed by atoms with Crippen molar-refractivity contribution in [3.8, 4) is 0 Å². The van der Waals surface area contributed by atoms with Crippen LogP contribution in [-0.2, 0) is 44.0 Å². The number of amides is 1. The monoisotopic (exact) mass is 537 g/mol. The molecular weight excluding hydrogens is 502 g/mol. The summed E-state index contributed by atoms with van der Waals surface area (Å²) in [6.45, 7) is 7.41. The van der Waals surface area contributed by atoms with E-state index < -0.39 is 29.2 Å². The van der Waals surface area contributed by atoms with Gasteiger partial charge in [-0.2, -0.15) is 9.13 Å². The van der Waals surface area contributed by atoms with Crippen LogP contribution in [0.3, 0.4) is 0 Å². The highest BCUT2D eigenvalue weighted by Gasteiger charge is 2.39. The zero-order valence-corrected chi connectivity index (χ0v) is 23.2. The van der Waals surface area contributed by atoms with Crippen molar-refractivity contribution in [1.29, 1.82) is 0 Å². The normalized spacial score (nSPS) is 16.4. The van der Waals surface area contributed by atoms with Crippen LogP contribution in [0.5, 0.6) is 0 Å². The number of hydrogen-bond donors (Lipinski definition) is 2. The molecule has 0 bridgehead atoms. The molecule has 1 atom stereocenters. The number of nitrogens with two attached hydrogens (primary N) is 1. The van der Waals surface area contributed by atoms with E-state index in [2.05, 4.69) is 6.08 Å². The minimum atomic E-state index is -1.02. The van der Waals surface area contributed by atoms with E-state index in [4.69, 9.17) is 15.2 Å². The summed E-state index contributed by atoms with van der Waals surface area (Å²) >= 11 is 0. The van der Waals surface area contributed by atoms with Crippen molar-refractivity contribution in [2.75, 3.05) is 14.2 Å². The van der Waals surface area contributed by atoms with Gasteiger partial charge in [0.05, 0.1) is 14.2 Å². The largest absolute Gasteiger partial charge is 0.477 e. The Labute approximate surface area is 227 Å². The third-order valence-electron chi connectivity index (χ3n) is 6.98. The van der Waals surface area contributed by atoms with Crippen molar-refractivity contribution in [3.05, 3.63) is 70.3 Å². The topological polar surface area (TPSA) is 141 Å². The number of carboxylic acid groups (broad SMARTS) is 1. The summed E-state index contributed by atoms with van der Waals surface area (Å²) in [6.07, 6.45) is 11.8. The standard InChI is InChI=1S/C29H33N3O7/c1-7-19-20(11-31(15-24(30)33)13-22(19)27(36)38-5)17(2)8-9-29(4)10-18(3)21-12-32(16-25(34)35)14-23(26(21)29)28(37)39-6/h8,10-14H,7,9,15-16H2,1-6H3,(H-2,30,33,34,35)/p+2/b17-8-. The molecule has 39 heavy (non-hydrogen) atoms. The number of ether oxygens (including phenoxy) is 2. The molecule has 2 aromatic rings. The lowest BCUT2D eigenvalue weighted by atomic mass is 9.79. The first-order valence-electron chi connectivity index (χ1n) is 12.5. The number of rotatable bonds is 10. The molecule has 1 aliphatic carbocycles. The van der Waals surface area contributed by atoms with Gasteiger partial charge in [-0.15, -0.1) is 0 Å². The third kappa shape index (κ3) is 6.05. The molecule has 0 saturated carbocycles. The molecule has 0 spiro atoms. The summed E-state index contributed by atoms with van der Waals surface area (Å²) < 4.78 is 13.1. The number of aromatic nitrogens is 2. The Morgan fingerprint density at radius 2 is 1.54 bits per heavy atom. The molecule has 0 radical (unpaired) electrons. The molecule has 10 nitrogen and oxygen atoms in total. The van der Waals surface area contributed by atoms with E-state index in [1.54, 1.807) is 23.2 Å². The van der Waals surface area contributed by atoms with E-state index in [1.807, 2.05) is 33.8 Å². The van der Waals surface area contributed by atoms with Crippen molar-refractivity contribution in [3.63, 3.8) is 0 Å². The number of hydrogen-bond acceptors (Lipinski definition) is 6. The first-order valence-corrected chi connectivity index (χ1v) is 12.5. The van der Waals surface area contributed by atoms with E-state index in [9.17, 15) is 24.3 Å². The minimum Gasteiger partial charge on any atom is -0.477 e. The van der Waals surface area contributed by atoms with Crippen LogP contribution in [0.15, 0.2) is 36.9 Å². The Morgan fingerprint density at radius 3 is 2.10 bits per heavy atom. The Balaban J connectivity index is 2.13. The fraction of sp³-hybridized carbons (Fsp3) is 0.379. The first-order chi connectivity index (χ1) is 18.3. The molecule has 10 heteroatoms. The van der Waals surface area contributed by atoms with Crippen molar-refractivity contribution in [2.24, 2.45) is 5.73 Å². The van der Waals surface area contributed by atoms with E-state index in [-0.39, 0.29) is 13.1 Å². The Bertz CT molecular complexity index is 1420. The van der Waals surface area contributed by atoms with E-state index in [0.29, 0.717) is 24.0 Å². The fourth-order valence-electron chi connectivity index (χ4n) is 5.28. The maximum atomic E-state index is 12.8. The van der Waals surface area contributed by atoms with Gasteiger partial charge in [0.2, 0.25) is 13.1 Å². The number of fused-ring (bicyclic) bond motifs is 1. The third-order valence-corrected chi connectivity index (χ3v) is 6.98. The molecule has 1 unspecified atom stereocenters. The van der Waals surface area contributed by atoms with Gasteiger partial charge in [-0.1, -0.05) is 26.0 Å². The summed E-state index contributed by atoms with van der Waals surface area (Å²) in [5, 5.41) is 9.29. The van der Waals surface area contributed by atoms with Crippen LogP contribution < -0.4 is 14.9 Å². The zero-order valence-electron chi connectivity index (χ0n) is 23.2. The number of allylic oxidation sites excluding steroid dienone is 4. The second-order valence-corrected chi connectivity index (χ2v) is 9.90. The zero-order chi connectivity index (χ0) is 29.1. The molecule has 1 amide bonds. The molecule has 206 valence electrons. The first kappa shape index (κ1) is 29.2. The average molecular weight is 538 g/mol. The van der Waals surface area contributed by atoms with Crippen LogP contribution in [0.1, 0.15) is 77.1 Å². The number of esters is 2. The summed E-state index contributed by atoms with van der Waals surface area (Å²) in [5.41, 5.74) is 10.4. The molecule has 1 aliphatic rings. The molecule has 0 saturated heterocycles. The summed E-state index contributed by atoms with van der Waals surface area (Å²) in [6, 6.07) is 0. The predicted octanol–water partition coefficient (Wildman–Crippen LogP) is 2.14. The Kier molecular flexibility index (Phi) is 8.68. The van der Waals surface area contributed by atoms with E-state index >= 15 is 0 Å². The lowest BCUT2D eigenvalue weighted by Gasteiger charge is -2.24. The van der Waals surface area contributed by atoms with Crippen LogP contribution in [0.2, 0.25) is 0 Å². The molecule has 2 aromatic heterocycles. The molecule has 0 aromatic carbocycles. The summed E-state index contributed by atoms with van der Waals surface area (Å²) in [4.78, 5) is 48.3. The van der Waals surface area contributed by atoms with Gasteiger partial charge in [-0.25, -0.2) is 14.4 Å². The van der Waals surface area contributed by atoms with Gasteiger partial charge in [-0.05, 0) is 49.0 Å². The number of primary amides is 1. The van der Waals surface area contributed by atoms with Gasteiger partial charge in [-0.3, -0.25) is 4.79 Å². The smallest absolute Gasteiger partial charge is 0.370 e. The minimum absolute atomic E-state index is 0.0971. The van der Waals surface area contributed by atoms with Crippen molar-refractivity contribution in [1.82, 2.24) is 0 Å². The highest BCUT2D eigenvalue weighted by atomic mass is 16.5. The van der Waals surface area contributed by atoms with Gasteiger partial charge >= 0.3 is 17.9 Å². The molecule has 2 heterocycles. The van der Waals surface area contributed by atoms with Crippen molar-refractivity contribution in [2.45, 2.75) is 59.0 Å². The number of aliphatic carboxylic acids is 1. The van der Waals surface area contributed by atoms with Crippen molar-refractivity contribution >= 4 is 35.0 Å². The second-order valence-electron chi connectivity index (χ2n) is 9.90. The van der Waals surface area contributed by atoms with Crippen LogP contribution >= 0.6 is 0 Å². The van der Waals surface area contributed by atoms with Crippen LogP contribution in [-0.4, -0.2) is 43.1 Å². The molecule has 3 N–H and O–H groups in total. The maximum absolute atomic E-state index is 12.8.